The van der Waals surface area contributed by atoms with Crippen molar-refractivity contribution in [3.63, 3.8) is 0 Å². The minimum Gasteiger partial charge on any atom is -0.337 e. The molecule has 2 rings (SSSR count). The molecule has 2 unspecified atom stereocenters. The highest BCUT2D eigenvalue weighted by atomic mass is 32.2. The Balaban J connectivity index is 2.19. The summed E-state index contributed by atoms with van der Waals surface area (Å²) in [6, 6.07) is 0.750. The van der Waals surface area contributed by atoms with Crippen LogP contribution in [0.1, 0.15) is 24.2 Å². The Morgan fingerprint density at radius 3 is 2.58 bits per heavy atom. The summed E-state index contributed by atoms with van der Waals surface area (Å²) in [6.45, 7) is 4.62. The SMILES string of the molecule is CC(C)C1CN(C(=O)c2cncc(F)c2)CC1NS(=O)(=O)N(C)C. The van der Waals surface area contributed by atoms with Crippen molar-refractivity contribution in [2.75, 3.05) is 27.2 Å². The van der Waals surface area contributed by atoms with Crippen LogP contribution in [-0.2, 0) is 10.2 Å². The molecule has 0 saturated carbocycles. The Morgan fingerprint density at radius 2 is 2.04 bits per heavy atom. The second-order valence-electron chi connectivity index (χ2n) is 6.52. The van der Waals surface area contributed by atoms with Crippen LogP contribution < -0.4 is 4.72 Å². The van der Waals surface area contributed by atoms with Gasteiger partial charge in [-0.2, -0.15) is 17.4 Å². The van der Waals surface area contributed by atoms with E-state index in [1.54, 1.807) is 4.90 Å². The van der Waals surface area contributed by atoms with E-state index >= 15 is 0 Å². The van der Waals surface area contributed by atoms with E-state index in [-0.39, 0.29) is 35.9 Å². The number of nitrogens with one attached hydrogen (secondary N) is 1. The number of pyridine rings is 1. The van der Waals surface area contributed by atoms with Crippen LogP contribution in [0.25, 0.3) is 0 Å². The minimum absolute atomic E-state index is 0.0230. The highest BCUT2D eigenvalue weighted by Gasteiger charge is 2.39. The quantitative estimate of drug-likeness (QED) is 0.841. The number of carbonyl (C=O) groups excluding carboxylic acids is 1. The molecule has 1 aliphatic rings. The number of hydrogen-bond acceptors (Lipinski definition) is 4. The van der Waals surface area contributed by atoms with Crippen molar-refractivity contribution in [1.82, 2.24) is 18.9 Å². The van der Waals surface area contributed by atoms with Crippen molar-refractivity contribution in [2.24, 2.45) is 11.8 Å². The fourth-order valence-corrected chi connectivity index (χ4v) is 3.65. The van der Waals surface area contributed by atoms with E-state index in [1.165, 1.54) is 20.3 Å². The van der Waals surface area contributed by atoms with Crippen LogP contribution in [0.5, 0.6) is 0 Å². The molecule has 2 atom stereocenters. The summed E-state index contributed by atoms with van der Waals surface area (Å²) in [7, 11) is -0.701. The number of likely N-dealkylation sites (tertiary alicyclic amines) is 1. The molecule has 0 bridgehead atoms. The van der Waals surface area contributed by atoms with Crippen molar-refractivity contribution < 1.29 is 17.6 Å². The van der Waals surface area contributed by atoms with E-state index in [0.717, 1.165) is 16.6 Å². The summed E-state index contributed by atoms with van der Waals surface area (Å²) < 4.78 is 41.2. The molecule has 9 heteroatoms. The molecule has 0 aromatic carbocycles. The maximum absolute atomic E-state index is 13.3. The summed E-state index contributed by atoms with van der Waals surface area (Å²) in [5.41, 5.74) is 0.161. The third kappa shape index (κ3) is 4.08. The Kier molecular flexibility index (Phi) is 5.56. The van der Waals surface area contributed by atoms with E-state index in [2.05, 4.69) is 9.71 Å². The highest BCUT2D eigenvalue weighted by molar-refractivity contribution is 7.87. The van der Waals surface area contributed by atoms with Gasteiger partial charge in [0.1, 0.15) is 5.82 Å². The maximum Gasteiger partial charge on any atom is 0.279 e. The molecule has 24 heavy (non-hydrogen) atoms. The molecule has 0 aliphatic carbocycles. The average Bonchev–Trinajstić information content (AvgIpc) is 2.89. The standard InChI is InChI=1S/C15H23FN4O3S/c1-10(2)13-8-20(9-14(13)18-24(22,23)19(3)4)15(21)11-5-12(16)7-17-6-11/h5-7,10,13-14,18H,8-9H2,1-4H3. The average molecular weight is 358 g/mol. The Bertz CT molecular complexity index is 708. The topological polar surface area (TPSA) is 82.6 Å². The van der Waals surface area contributed by atoms with Crippen LogP contribution in [0.4, 0.5) is 4.39 Å². The van der Waals surface area contributed by atoms with Crippen molar-refractivity contribution in [1.29, 1.82) is 0 Å². The monoisotopic (exact) mass is 358 g/mol. The maximum atomic E-state index is 13.3. The zero-order valence-electron chi connectivity index (χ0n) is 14.2. The van der Waals surface area contributed by atoms with Crippen molar-refractivity contribution in [2.45, 2.75) is 19.9 Å². The van der Waals surface area contributed by atoms with Gasteiger partial charge in [0.15, 0.2) is 0 Å². The van der Waals surface area contributed by atoms with Crippen molar-refractivity contribution in [3.8, 4) is 0 Å². The first-order valence-corrected chi connectivity index (χ1v) is 9.15. The third-order valence-corrected chi connectivity index (χ3v) is 5.80. The Morgan fingerprint density at radius 1 is 1.38 bits per heavy atom. The van der Waals surface area contributed by atoms with Gasteiger partial charge >= 0.3 is 0 Å². The number of amides is 1. The van der Waals surface area contributed by atoms with Gasteiger partial charge < -0.3 is 4.90 Å². The highest BCUT2D eigenvalue weighted by Crippen LogP contribution is 2.26. The van der Waals surface area contributed by atoms with E-state index in [4.69, 9.17) is 0 Å². The van der Waals surface area contributed by atoms with Gasteiger partial charge in [0.2, 0.25) is 0 Å². The molecule has 2 heterocycles. The lowest BCUT2D eigenvalue weighted by Crippen LogP contribution is -2.46. The first-order valence-electron chi connectivity index (χ1n) is 7.71. The van der Waals surface area contributed by atoms with Crippen molar-refractivity contribution in [3.05, 3.63) is 29.8 Å². The summed E-state index contributed by atoms with van der Waals surface area (Å²) in [5, 5.41) is 0. The zero-order valence-corrected chi connectivity index (χ0v) is 15.0. The predicted octanol–water partition coefficient (Wildman–Crippen LogP) is 0.713. The van der Waals surface area contributed by atoms with Gasteiger partial charge in [-0.25, -0.2) is 4.39 Å². The molecule has 134 valence electrons. The third-order valence-electron chi connectivity index (χ3n) is 4.24. The Labute approximate surface area is 142 Å². The summed E-state index contributed by atoms with van der Waals surface area (Å²) in [5.74, 6) is -0.766. The van der Waals surface area contributed by atoms with E-state index in [1.807, 2.05) is 13.8 Å². The molecule has 1 aromatic rings. The number of nitrogens with zero attached hydrogens (tertiary/aromatic N) is 3. The van der Waals surface area contributed by atoms with Gasteiger partial charge in [0, 0.05) is 39.4 Å². The van der Waals surface area contributed by atoms with Crippen LogP contribution in [0.2, 0.25) is 0 Å². The second kappa shape index (κ2) is 7.12. The van der Waals surface area contributed by atoms with E-state index in [0.29, 0.717) is 6.54 Å². The van der Waals surface area contributed by atoms with Gasteiger partial charge in [-0.3, -0.25) is 9.78 Å². The number of aromatic nitrogens is 1. The van der Waals surface area contributed by atoms with Gasteiger partial charge in [-0.15, -0.1) is 0 Å². The smallest absolute Gasteiger partial charge is 0.279 e. The van der Waals surface area contributed by atoms with Gasteiger partial charge in [-0.05, 0) is 17.9 Å². The van der Waals surface area contributed by atoms with E-state index in [9.17, 15) is 17.6 Å². The normalized spacial score (nSPS) is 21.7. The molecule has 1 N–H and O–H groups in total. The van der Waals surface area contributed by atoms with Crippen LogP contribution in [0, 0.1) is 17.7 Å². The first kappa shape index (κ1) is 18.8. The van der Waals surface area contributed by atoms with Crippen LogP contribution in [-0.4, -0.2) is 61.7 Å². The number of rotatable bonds is 5. The molecule has 0 radical (unpaired) electrons. The predicted molar refractivity (Wildman–Crippen MR) is 88.0 cm³/mol. The van der Waals surface area contributed by atoms with Gasteiger partial charge in [-0.1, -0.05) is 13.8 Å². The molecule has 7 nitrogen and oxygen atoms in total. The van der Waals surface area contributed by atoms with Crippen LogP contribution >= 0.6 is 0 Å². The van der Waals surface area contributed by atoms with Crippen LogP contribution in [0.15, 0.2) is 18.5 Å². The molecule has 1 fully saturated rings. The second-order valence-corrected chi connectivity index (χ2v) is 8.44. The van der Waals surface area contributed by atoms with Crippen LogP contribution in [0.3, 0.4) is 0 Å². The number of carbonyl (C=O) groups is 1. The summed E-state index contributed by atoms with van der Waals surface area (Å²) in [4.78, 5) is 17.8. The first-order chi connectivity index (χ1) is 11.1. The fourth-order valence-electron chi connectivity index (χ4n) is 2.80. The summed E-state index contributed by atoms with van der Waals surface area (Å²) in [6.07, 6.45) is 2.35. The minimum atomic E-state index is -3.60. The molecule has 1 aliphatic heterocycles. The Hall–Kier alpha value is -1.58. The fraction of sp³-hybridized carbons (Fsp3) is 0.600. The lowest BCUT2D eigenvalue weighted by atomic mass is 9.92. The molecule has 1 saturated heterocycles. The molecular formula is C15H23FN4O3S. The molecule has 1 amide bonds. The van der Waals surface area contributed by atoms with E-state index < -0.39 is 16.0 Å². The lowest BCUT2D eigenvalue weighted by molar-refractivity contribution is 0.0782. The molecule has 0 spiro atoms. The zero-order chi connectivity index (χ0) is 18.1. The molecular weight excluding hydrogens is 335 g/mol. The molecule has 1 aromatic heterocycles. The largest absolute Gasteiger partial charge is 0.337 e. The number of halogens is 1. The lowest BCUT2D eigenvalue weighted by Gasteiger charge is -2.24. The summed E-state index contributed by atoms with van der Waals surface area (Å²) >= 11 is 0. The number of hydrogen-bond donors (Lipinski definition) is 1. The van der Waals surface area contributed by atoms with Gasteiger partial charge in [0.05, 0.1) is 11.8 Å². The van der Waals surface area contributed by atoms with Crippen molar-refractivity contribution >= 4 is 16.1 Å². The van der Waals surface area contributed by atoms with Gasteiger partial charge in [0.25, 0.3) is 16.1 Å².